The second-order valence-corrected chi connectivity index (χ2v) is 4.54. The zero-order chi connectivity index (χ0) is 13.0. The van der Waals surface area contributed by atoms with Crippen molar-refractivity contribution in [2.75, 3.05) is 18.7 Å². The fourth-order valence-electron chi connectivity index (χ4n) is 1.54. The number of hydrogen-bond acceptors (Lipinski definition) is 6. The van der Waals surface area contributed by atoms with Gasteiger partial charge in [0.15, 0.2) is 5.82 Å². The van der Waals surface area contributed by atoms with Crippen LogP contribution >= 0.6 is 11.8 Å². The first-order chi connectivity index (χ1) is 8.72. The van der Waals surface area contributed by atoms with Crippen LogP contribution in [0, 0.1) is 6.92 Å². The van der Waals surface area contributed by atoms with Crippen molar-refractivity contribution >= 4 is 17.8 Å². The molecule has 0 aliphatic carbocycles. The minimum atomic E-state index is 0.431. The number of nitrogens with zero attached hydrogens (tertiary/aromatic N) is 2. The number of aromatic nitrogens is 2. The second kappa shape index (κ2) is 5.77. The van der Waals surface area contributed by atoms with E-state index < -0.39 is 0 Å². The van der Waals surface area contributed by atoms with E-state index in [1.807, 2.05) is 24.5 Å². The van der Waals surface area contributed by atoms with Crippen LogP contribution in [-0.4, -0.2) is 23.5 Å². The van der Waals surface area contributed by atoms with Gasteiger partial charge in [0.2, 0.25) is 0 Å². The quantitative estimate of drug-likeness (QED) is 0.839. The molecule has 5 nitrogen and oxygen atoms in total. The lowest BCUT2D eigenvalue weighted by Gasteiger charge is -2.08. The Morgan fingerprint density at radius 2 is 2.28 bits per heavy atom. The Morgan fingerprint density at radius 3 is 2.89 bits per heavy atom. The number of benzene rings is 1. The van der Waals surface area contributed by atoms with Crippen molar-refractivity contribution in [3.63, 3.8) is 0 Å². The predicted molar refractivity (Wildman–Crippen MR) is 71.1 cm³/mol. The van der Waals surface area contributed by atoms with E-state index in [1.165, 1.54) is 0 Å². The molecule has 1 heterocycles. The van der Waals surface area contributed by atoms with Crippen LogP contribution in [-0.2, 0) is 6.54 Å². The van der Waals surface area contributed by atoms with E-state index in [0.29, 0.717) is 18.4 Å². The van der Waals surface area contributed by atoms with Crippen molar-refractivity contribution in [2.45, 2.75) is 18.4 Å². The van der Waals surface area contributed by atoms with Crippen LogP contribution in [0.15, 0.2) is 27.6 Å². The van der Waals surface area contributed by atoms with Crippen LogP contribution < -0.4 is 10.1 Å². The maximum absolute atomic E-state index is 5.33. The zero-order valence-corrected chi connectivity index (χ0v) is 11.4. The predicted octanol–water partition coefficient (Wildman–Crippen LogP) is 2.72. The van der Waals surface area contributed by atoms with E-state index in [4.69, 9.17) is 9.26 Å². The molecule has 1 N–H and O–H groups in total. The summed E-state index contributed by atoms with van der Waals surface area (Å²) in [6, 6.07) is 6.52. The van der Waals surface area contributed by atoms with Crippen LogP contribution in [0.5, 0.6) is 5.75 Å². The third-order valence-corrected chi connectivity index (χ3v) is 3.20. The summed E-state index contributed by atoms with van der Waals surface area (Å²) in [5.41, 5.74) is 1.10. The average molecular weight is 265 g/mol. The van der Waals surface area contributed by atoms with Gasteiger partial charge in [0.25, 0.3) is 0 Å². The number of aryl methyl sites for hydroxylation is 1. The van der Waals surface area contributed by atoms with Gasteiger partial charge in [-0.25, -0.2) is 0 Å². The molecule has 0 unspecified atom stereocenters. The fraction of sp³-hybridized carbons (Fsp3) is 0.333. The third-order valence-electron chi connectivity index (χ3n) is 2.42. The molecule has 0 radical (unpaired) electrons. The number of methoxy groups -OCH3 is 1. The first-order valence-electron chi connectivity index (χ1n) is 5.48. The molecule has 0 aliphatic heterocycles. The maximum atomic E-state index is 5.33. The molecular weight excluding hydrogens is 250 g/mol. The van der Waals surface area contributed by atoms with Crippen molar-refractivity contribution in [1.29, 1.82) is 0 Å². The molecule has 0 bridgehead atoms. The molecule has 0 saturated heterocycles. The van der Waals surface area contributed by atoms with Gasteiger partial charge >= 0.3 is 6.01 Å². The Kier molecular flexibility index (Phi) is 4.09. The Hall–Kier alpha value is -1.69. The molecule has 2 rings (SSSR count). The van der Waals surface area contributed by atoms with Crippen molar-refractivity contribution < 1.29 is 9.26 Å². The molecule has 0 saturated carbocycles. The average Bonchev–Trinajstić information content (AvgIpc) is 2.81. The summed E-state index contributed by atoms with van der Waals surface area (Å²) in [4.78, 5) is 5.20. The van der Waals surface area contributed by atoms with Gasteiger partial charge < -0.3 is 14.6 Å². The molecule has 2 aromatic rings. The van der Waals surface area contributed by atoms with Gasteiger partial charge in [0.05, 0.1) is 7.11 Å². The topological polar surface area (TPSA) is 60.2 Å². The van der Waals surface area contributed by atoms with Gasteiger partial charge in [-0.3, -0.25) is 0 Å². The van der Waals surface area contributed by atoms with Crippen molar-refractivity contribution in [3.05, 3.63) is 29.6 Å². The van der Waals surface area contributed by atoms with Gasteiger partial charge in [-0.05, 0) is 30.9 Å². The number of nitrogens with one attached hydrogen (secondary N) is 1. The molecular formula is C12H15N3O2S. The number of hydrogen-bond donors (Lipinski definition) is 1. The molecule has 0 fully saturated rings. The molecule has 18 heavy (non-hydrogen) atoms. The smallest absolute Gasteiger partial charge is 0.321 e. The van der Waals surface area contributed by atoms with E-state index in [1.54, 1.807) is 25.8 Å². The van der Waals surface area contributed by atoms with Crippen LogP contribution in [0.1, 0.15) is 11.4 Å². The third kappa shape index (κ3) is 2.95. The molecule has 1 aromatic heterocycles. The molecule has 0 aliphatic rings. The van der Waals surface area contributed by atoms with Gasteiger partial charge in [0.1, 0.15) is 5.75 Å². The van der Waals surface area contributed by atoms with Crippen molar-refractivity contribution in [3.8, 4) is 5.75 Å². The lowest BCUT2D eigenvalue weighted by Crippen LogP contribution is -2.00. The molecule has 0 amide bonds. The highest BCUT2D eigenvalue weighted by molar-refractivity contribution is 7.98. The maximum Gasteiger partial charge on any atom is 0.321 e. The van der Waals surface area contributed by atoms with Crippen molar-refractivity contribution in [2.24, 2.45) is 0 Å². The highest BCUT2D eigenvalue weighted by Gasteiger charge is 2.05. The van der Waals surface area contributed by atoms with Gasteiger partial charge in [-0.15, -0.1) is 11.8 Å². The minimum Gasteiger partial charge on any atom is -0.496 e. The van der Waals surface area contributed by atoms with E-state index in [-0.39, 0.29) is 0 Å². The van der Waals surface area contributed by atoms with E-state index in [2.05, 4.69) is 15.5 Å². The lowest BCUT2D eigenvalue weighted by molar-refractivity contribution is 0.404. The summed E-state index contributed by atoms with van der Waals surface area (Å²) in [6.45, 7) is 2.40. The number of thioether (sulfide) groups is 1. The van der Waals surface area contributed by atoms with E-state index in [0.717, 1.165) is 16.2 Å². The molecule has 1 aromatic carbocycles. The summed E-state index contributed by atoms with van der Waals surface area (Å²) in [5, 5.41) is 6.78. The monoisotopic (exact) mass is 265 g/mol. The van der Waals surface area contributed by atoms with Crippen LogP contribution in [0.3, 0.4) is 0 Å². The first-order valence-corrected chi connectivity index (χ1v) is 6.70. The normalized spacial score (nSPS) is 10.4. The number of anilines is 1. The summed E-state index contributed by atoms with van der Waals surface area (Å²) in [7, 11) is 1.67. The van der Waals surface area contributed by atoms with Crippen LogP contribution in [0.4, 0.5) is 6.01 Å². The van der Waals surface area contributed by atoms with Gasteiger partial charge in [0, 0.05) is 11.4 Å². The fourth-order valence-corrected chi connectivity index (χ4v) is 2.08. The summed E-state index contributed by atoms with van der Waals surface area (Å²) in [6.07, 6.45) is 2.02. The van der Waals surface area contributed by atoms with Gasteiger partial charge in [-0.1, -0.05) is 11.2 Å². The highest BCUT2D eigenvalue weighted by atomic mass is 32.2. The SMILES string of the molecule is COc1cc(CNc2nc(C)no2)ccc1SC. The second-order valence-electron chi connectivity index (χ2n) is 3.69. The Labute approximate surface area is 110 Å². The van der Waals surface area contributed by atoms with Gasteiger partial charge in [-0.2, -0.15) is 4.98 Å². The Morgan fingerprint density at radius 1 is 1.44 bits per heavy atom. The minimum absolute atomic E-state index is 0.431. The van der Waals surface area contributed by atoms with Crippen LogP contribution in [0.25, 0.3) is 0 Å². The zero-order valence-electron chi connectivity index (χ0n) is 10.6. The summed E-state index contributed by atoms with van der Waals surface area (Å²) < 4.78 is 10.3. The standard InChI is InChI=1S/C12H15N3O2S/c1-8-14-12(17-15-8)13-7-9-4-5-11(18-3)10(6-9)16-2/h4-6H,7H2,1-3H3,(H,13,14,15). The highest BCUT2D eigenvalue weighted by Crippen LogP contribution is 2.28. The number of ether oxygens (including phenoxy) is 1. The lowest BCUT2D eigenvalue weighted by atomic mass is 10.2. The Balaban J connectivity index is 2.05. The first kappa shape index (κ1) is 12.8. The molecule has 6 heteroatoms. The molecule has 0 spiro atoms. The van der Waals surface area contributed by atoms with E-state index >= 15 is 0 Å². The van der Waals surface area contributed by atoms with Crippen molar-refractivity contribution in [1.82, 2.24) is 10.1 Å². The van der Waals surface area contributed by atoms with Crippen LogP contribution in [0.2, 0.25) is 0 Å². The summed E-state index contributed by atoms with van der Waals surface area (Å²) >= 11 is 1.66. The number of rotatable bonds is 5. The molecule has 0 atom stereocenters. The Bertz CT molecular complexity index is 528. The largest absolute Gasteiger partial charge is 0.496 e. The summed E-state index contributed by atoms with van der Waals surface area (Å²) in [5.74, 6) is 1.50. The molecule has 96 valence electrons. The van der Waals surface area contributed by atoms with E-state index in [9.17, 15) is 0 Å².